The molecule has 2 aromatic rings. The molecular weight excluding hydrogens is 194 g/mol. The second-order valence-electron chi connectivity index (χ2n) is 3.46. The van der Waals surface area contributed by atoms with E-state index in [9.17, 15) is 4.79 Å². The van der Waals surface area contributed by atoms with Crippen molar-refractivity contribution in [2.75, 3.05) is 0 Å². The lowest BCUT2D eigenvalue weighted by Gasteiger charge is -2.05. The third kappa shape index (κ3) is 1.83. The summed E-state index contributed by atoms with van der Waals surface area (Å²) in [5.41, 5.74) is 0.875. The van der Waals surface area contributed by atoms with E-state index in [0.717, 1.165) is 0 Å². The standard InChI is InChI=1S/C11H11NO3/c1-7(2)15-11(13)9-6-14-10-8(9)4-3-5-12-10/h3-7H,1-2H3. The van der Waals surface area contributed by atoms with Crippen LogP contribution in [0.1, 0.15) is 24.2 Å². The highest BCUT2D eigenvalue weighted by atomic mass is 16.5. The fraction of sp³-hybridized carbons (Fsp3) is 0.273. The number of furan rings is 1. The summed E-state index contributed by atoms with van der Waals surface area (Å²) in [4.78, 5) is 15.6. The molecule has 4 heteroatoms. The van der Waals surface area contributed by atoms with E-state index in [-0.39, 0.29) is 12.1 Å². The van der Waals surface area contributed by atoms with Crippen molar-refractivity contribution in [3.63, 3.8) is 0 Å². The van der Waals surface area contributed by atoms with Crippen LogP contribution in [0, 0.1) is 0 Å². The highest BCUT2D eigenvalue weighted by Crippen LogP contribution is 2.19. The van der Waals surface area contributed by atoms with E-state index in [1.54, 1.807) is 32.2 Å². The highest BCUT2D eigenvalue weighted by molar-refractivity contribution is 6.02. The van der Waals surface area contributed by atoms with E-state index in [2.05, 4.69) is 4.98 Å². The van der Waals surface area contributed by atoms with Crippen LogP contribution in [0.5, 0.6) is 0 Å². The summed E-state index contributed by atoms with van der Waals surface area (Å²) in [6.07, 6.45) is 2.85. The summed E-state index contributed by atoms with van der Waals surface area (Å²) in [6, 6.07) is 3.53. The molecule has 0 saturated heterocycles. The Bertz CT molecular complexity index is 487. The van der Waals surface area contributed by atoms with Crippen LogP contribution < -0.4 is 0 Å². The van der Waals surface area contributed by atoms with Crippen LogP contribution in [0.4, 0.5) is 0 Å². The molecule has 0 radical (unpaired) electrons. The molecule has 2 aromatic heterocycles. The number of aromatic nitrogens is 1. The molecule has 0 aliphatic rings. The topological polar surface area (TPSA) is 52.3 Å². The zero-order valence-electron chi connectivity index (χ0n) is 8.56. The molecule has 0 amide bonds. The van der Waals surface area contributed by atoms with Crippen molar-refractivity contribution in [1.82, 2.24) is 4.98 Å². The zero-order chi connectivity index (χ0) is 10.8. The van der Waals surface area contributed by atoms with Crippen molar-refractivity contribution >= 4 is 17.1 Å². The first-order valence-electron chi connectivity index (χ1n) is 4.71. The third-order valence-electron chi connectivity index (χ3n) is 1.91. The summed E-state index contributed by atoms with van der Waals surface area (Å²) in [5.74, 6) is -0.378. The average molecular weight is 205 g/mol. The van der Waals surface area contributed by atoms with Crippen LogP contribution in [0.3, 0.4) is 0 Å². The SMILES string of the molecule is CC(C)OC(=O)c1coc2ncccc12. The Morgan fingerprint density at radius 3 is 3.07 bits per heavy atom. The minimum Gasteiger partial charge on any atom is -0.459 e. The maximum Gasteiger partial charge on any atom is 0.342 e. The summed E-state index contributed by atoms with van der Waals surface area (Å²) in [5, 5.41) is 0.683. The Balaban J connectivity index is 2.40. The maximum atomic E-state index is 11.6. The molecule has 0 N–H and O–H groups in total. The fourth-order valence-corrected chi connectivity index (χ4v) is 1.30. The van der Waals surface area contributed by atoms with Crippen molar-refractivity contribution in [2.45, 2.75) is 20.0 Å². The fourth-order valence-electron chi connectivity index (χ4n) is 1.30. The number of hydrogen-bond donors (Lipinski definition) is 0. The van der Waals surface area contributed by atoms with E-state index in [4.69, 9.17) is 9.15 Å². The van der Waals surface area contributed by atoms with Gasteiger partial charge in [0.2, 0.25) is 5.71 Å². The van der Waals surface area contributed by atoms with Gasteiger partial charge in [0, 0.05) is 6.20 Å². The lowest BCUT2D eigenvalue weighted by molar-refractivity contribution is 0.0379. The molecule has 0 spiro atoms. The van der Waals surface area contributed by atoms with Gasteiger partial charge in [-0.3, -0.25) is 0 Å². The van der Waals surface area contributed by atoms with Gasteiger partial charge in [-0.15, -0.1) is 0 Å². The van der Waals surface area contributed by atoms with Gasteiger partial charge in [-0.05, 0) is 26.0 Å². The van der Waals surface area contributed by atoms with Crippen molar-refractivity contribution < 1.29 is 13.9 Å². The molecule has 2 rings (SSSR count). The second kappa shape index (κ2) is 3.73. The molecular formula is C11H11NO3. The molecule has 2 heterocycles. The molecule has 4 nitrogen and oxygen atoms in total. The highest BCUT2D eigenvalue weighted by Gasteiger charge is 2.16. The number of esters is 1. The van der Waals surface area contributed by atoms with E-state index in [1.807, 2.05) is 0 Å². The predicted octanol–water partition coefficient (Wildman–Crippen LogP) is 2.39. The molecule has 0 saturated carbocycles. The number of rotatable bonds is 2. The van der Waals surface area contributed by atoms with E-state index < -0.39 is 0 Å². The van der Waals surface area contributed by atoms with Crippen LogP contribution in [0.2, 0.25) is 0 Å². The molecule has 0 atom stereocenters. The van der Waals surface area contributed by atoms with Gasteiger partial charge in [0.25, 0.3) is 0 Å². The van der Waals surface area contributed by atoms with Crippen LogP contribution in [-0.4, -0.2) is 17.1 Å². The first kappa shape index (κ1) is 9.71. The normalized spacial score (nSPS) is 10.9. The Kier molecular flexibility index (Phi) is 2.41. The van der Waals surface area contributed by atoms with Crippen molar-refractivity contribution in [3.05, 3.63) is 30.2 Å². The lowest BCUT2D eigenvalue weighted by atomic mass is 10.2. The Morgan fingerprint density at radius 2 is 2.33 bits per heavy atom. The molecule has 0 fully saturated rings. The van der Waals surface area contributed by atoms with Crippen molar-refractivity contribution in [1.29, 1.82) is 0 Å². The first-order chi connectivity index (χ1) is 7.18. The Labute approximate surface area is 86.9 Å². The van der Waals surface area contributed by atoms with Gasteiger partial charge in [-0.1, -0.05) is 0 Å². The van der Waals surface area contributed by atoms with Crippen LogP contribution in [0.25, 0.3) is 11.1 Å². The number of fused-ring (bicyclic) bond motifs is 1. The number of ether oxygens (including phenoxy) is 1. The van der Waals surface area contributed by atoms with Crippen molar-refractivity contribution in [2.24, 2.45) is 0 Å². The summed E-state index contributed by atoms with van der Waals surface area (Å²) in [7, 11) is 0. The largest absolute Gasteiger partial charge is 0.459 e. The maximum absolute atomic E-state index is 11.6. The zero-order valence-corrected chi connectivity index (χ0v) is 8.56. The van der Waals surface area contributed by atoms with Gasteiger partial charge in [-0.25, -0.2) is 9.78 Å². The molecule has 0 bridgehead atoms. The molecule has 0 aliphatic carbocycles. The smallest absolute Gasteiger partial charge is 0.342 e. The minimum atomic E-state index is -0.378. The van der Waals surface area contributed by atoms with Gasteiger partial charge < -0.3 is 9.15 Å². The second-order valence-corrected chi connectivity index (χ2v) is 3.46. The predicted molar refractivity (Wildman–Crippen MR) is 54.6 cm³/mol. The van der Waals surface area contributed by atoms with Gasteiger partial charge in [0.15, 0.2) is 0 Å². The lowest BCUT2D eigenvalue weighted by Crippen LogP contribution is -2.10. The van der Waals surface area contributed by atoms with Crippen LogP contribution in [0.15, 0.2) is 29.0 Å². The van der Waals surface area contributed by atoms with E-state index >= 15 is 0 Å². The molecule has 15 heavy (non-hydrogen) atoms. The summed E-state index contributed by atoms with van der Waals surface area (Å²) >= 11 is 0. The van der Waals surface area contributed by atoms with Gasteiger partial charge >= 0.3 is 5.97 Å². The first-order valence-corrected chi connectivity index (χ1v) is 4.71. The number of carbonyl (C=O) groups excluding carboxylic acids is 1. The van der Waals surface area contributed by atoms with Crippen molar-refractivity contribution in [3.8, 4) is 0 Å². The number of hydrogen-bond acceptors (Lipinski definition) is 4. The third-order valence-corrected chi connectivity index (χ3v) is 1.91. The quantitative estimate of drug-likeness (QED) is 0.706. The molecule has 0 aliphatic heterocycles. The van der Waals surface area contributed by atoms with Gasteiger partial charge in [0.05, 0.1) is 11.5 Å². The average Bonchev–Trinajstić information content (AvgIpc) is 2.59. The molecule has 0 unspecified atom stereocenters. The van der Waals surface area contributed by atoms with Gasteiger partial charge in [0.1, 0.15) is 11.8 Å². The van der Waals surface area contributed by atoms with E-state index in [0.29, 0.717) is 16.7 Å². The minimum absolute atomic E-state index is 0.140. The number of nitrogens with zero attached hydrogens (tertiary/aromatic N) is 1. The van der Waals surface area contributed by atoms with Gasteiger partial charge in [-0.2, -0.15) is 0 Å². The molecule has 0 aromatic carbocycles. The number of carbonyl (C=O) groups is 1. The van der Waals surface area contributed by atoms with Crippen LogP contribution >= 0.6 is 0 Å². The number of pyridine rings is 1. The Hall–Kier alpha value is -1.84. The molecule has 78 valence electrons. The summed E-state index contributed by atoms with van der Waals surface area (Å²) in [6.45, 7) is 3.61. The van der Waals surface area contributed by atoms with Crippen LogP contribution in [-0.2, 0) is 4.74 Å². The van der Waals surface area contributed by atoms with E-state index in [1.165, 1.54) is 6.26 Å². The Morgan fingerprint density at radius 1 is 1.53 bits per heavy atom. The summed E-state index contributed by atoms with van der Waals surface area (Å²) < 4.78 is 10.2. The monoisotopic (exact) mass is 205 g/mol.